The predicted octanol–water partition coefficient (Wildman–Crippen LogP) is 3.10. The average Bonchev–Trinajstić information content (AvgIpc) is 2.90. The number of rotatable bonds is 5. The molecule has 1 atom stereocenters. The summed E-state index contributed by atoms with van der Waals surface area (Å²) in [6.07, 6.45) is 0.945. The molecule has 1 heterocycles. The van der Waals surface area contributed by atoms with Crippen molar-refractivity contribution in [2.75, 3.05) is 11.4 Å². The summed E-state index contributed by atoms with van der Waals surface area (Å²) in [7, 11) is -3.61. The summed E-state index contributed by atoms with van der Waals surface area (Å²) in [5, 5.41) is 0. The molecule has 1 N–H and O–H groups in total. The van der Waals surface area contributed by atoms with E-state index in [0.29, 0.717) is 0 Å². The first kappa shape index (κ1) is 18.1. The second-order valence-electron chi connectivity index (χ2n) is 6.05. The zero-order valence-electron chi connectivity index (χ0n) is 13.8. The van der Waals surface area contributed by atoms with Crippen molar-refractivity contribution in [2.45, 2.75) is 30.7 Å². The van der Waals surface area contributed by atoms with Crippen molar-refractivity contribution in [2.24, 2.45) is 0 Å². The predicted molar refractivity (Wildman–Crippen MR) is 101 cm³/mol. The Kier molecular flexibility index (Phi) is 5.27. The van der Waals surface area contributed by atoms with Crippen LogP contribution in [0.5, 0.6) is 0 Å². The van der Waals surface area contributed by atoms with Crippen molar-refractivity contribution in [3.05, 3.63) is 58.6 Å². The lowest BCUT2D eigenvalue weighted by Gasteiger charge is -2.22. The van der Waals surface area contributed by atoms with Gasteiger partial charge >= 0.3 is 0 Å². The maximum atomic E-state index is 12.6. The van der Waals surface area contributed by atoms with E-state index in [4.69, 9.17) is 0 Å². The van der Waals surface area contributed by atoms with Crippen LogP contribution in [0.25, 0.3) is 0 Å². The topological polar surface area (TPSA) is 66.5 Å². The van der Waals surface area contributed by atoms with Crippen LogP contribution in [0, 0.1) is 0 Å². The highest BCUT2D eigenvalue weighted by Gasteiger charge is 2.30. The molecule has 2 aromatic rings. The number of anilines is 1. The van der Waals surface area contributed by atoms with E-state index in [-0.39, 0.29) is 29.8 Å². The van der Waals surface area contributed by atoms with Gasteiger partial charge in [0.2, 0.25) is 15.9 Å². The van der Waals surface area contributed by atoms with Gasteiger partial charge in [-0.05, 0) is 49.2 Å². The minimum Gasteiger partial charge on any atom is -0.309 e. The molecule has 25 heavy (non-hydrogen) atoms. The van der Waals surface area contributed by atoms with Gasteiger partial charge in [0.05, 0.1) is 4.90 Å². The van der Waals surface area contributed by atoms with Crippen molar-refractivity contribution in [3.8, 4) is 0 Å². The van der Waals surface area contributed by atoms with E-state index in [2.05, 4.69) is 20.7 Å². The first-order valence-corrected chi connectivity index (χ1v) is 10.3. The fourth-order valence-electron chi connectivity index (χ4n) is 3.06. The molecule has 3 rings (SSSR count). The average molecular weight is 423 g/mol. The fraction of sp³-hybridized carbons (Fsp3) is 0.278. The Balaban J connectivity index is 1.62. The van der Waals surface area contributed by atoms with Crippen molar-refractivity contribution in [1.82, 2.24) is 4.72 Å². The van der Waals surface area contributed by atoms with Crippen LogP contribution in [0.3, 0.4) is 0 Å². The minimum absolute atomic E-state index is 0.0720. The molecule has 0 saturated carbocycles. The lowest BCUT2D eigenvalue weighted by atomic mass is 10.1. The SMILES string of the molecule is CC1Cc2ccccc2N1C(=O)CCNS(=O)(=O)c1ccc(Br)cc1. The zero-order valence-corrected chi connectivity index (χ0v) is 16.2. The molecule has 1 unspecified atom stereocenters. The van der Waals surface area contributed by atoms with Gasteiger partial charge < -0.3 is 4.90 Å². The van der Waals surface area contributed by atoms with E-state index >= 15 is 0 Å². The van der Waals surface area contributed by atoms with Crippen LogP contribution in [0.2, 0.25) is 0 Å². The number of benzene rings is 2. The molecule has 0 spiro atoms. The monoisotopic (exact) mass is 422 g/mol. The van der Waals surface area contributed by atoms with Crippen LogP contribution in [0.4, 0.5) is 5.69 Å². The van der Waals surface area contributed by atoms with Crippen molar-refractivity contribution in [1.29, 1.82) is 0 Å². The Morgan fingerprint density at radius 2 is 1.88 bits per heavy atom. The Morgan fingerprint density at radius 3 is 2.60 bits per heavy atom. The van der Waals surface area contributed by atoms with Gasteiger partial charge in [-0.2, -0.15) is 0 Å². The molecule has 132 valence electrons. The number of carbonyl (C=O) groups excluding carboxylic acids is 1. The normalized spacial score (nSPS) is 16.7. The fourth-order valence-corrected chi connectivity index (χ4v) is 4.35. The van der Waals surface area contributed by atoms with E-state index in [0.717, 1.165) is 22.1 Å². The minimum atomic E-state index is -3.61. The third-order valence-electron chi connectivity index (χ3n) is 4.23. The molecule has 5 nitrogen and oxygen atoms in total. The first-order chi connectivity index (χ1) is 11.9. The molecule has 1 aliphatic heterocycles. The second-order valence-corrected chi connectivity index (χ2v) is 8.73. The van der Waals surface area contributed by atoms with E-state index in [9.17, 15) is 13.2 Å². The van der Waals surface area contributed by atoms with Crippen molar-refractivity contribution in [3.63, 3.8) is 0 Å². The van der Waals surface area contributed by atoms with Crippen molar-refractivity contribution < 1.29 is 13.2 Å². The maximum absolute atomic E-state index is 12.6. The van der Waals surface area contributed by atoms with Crippen LogP contribution < -0.4 is 9.62 Å². The summed E-state index contributed by atoms with van der Waals surface area (Å²) >= 11 is 3.28. The molecule has 0 saturated heterocycles. The Morgan fingerprint density at radius 1 is 1.20 bits per heavy atom. The van der Waals surface area contributed by atoms with E-state index in [1.54, 1.807) is 17.0 Å². The molecule has 0 bridgehead atoms. The number of carbonyl (C=O) groups is 1. The van der Waals surface area contributed by atoms with Gasteiger partial charge in [0.25, 0.3) is 0 Å². The van der Waals surface area contributed by atoms with Gasteiger partial charge in [-0.3, -0.25) is 4.79 Å². The summed E-state index contributed by atoms with van der Waals surface area (Å²) in [5.74, 6) is -0.0732. The first-order valence-electron chi connectivity index (χ1n) is 8.04. The van der Waals surface area contributed by atoms with Gasteiger partial charge in [0.1, 0.15) is 0 Å². The number of amides is 1. The number of hydrogen-bond acceptors (Lipinski definition) is 3. The molecule has 7 heteroatoms. The maximum Gasteiger partial charge on any atom is 0.240 e. The summed E-state index contributed by atoms with van der Waals surface area (Å²) in [6.45, 7) is 2.08. The van der Waals surface area contributed by atoms with Gasteiger partial charge in [0.15, 0.2) is 0 Å². The Labute approximate surface area is 156 Å². The van der Waals surface area contributed by atoms with E-state index < -0.39 is 10.0 Å². The highest BCUT2D eigenvalue weighted by atomic mass is 79.9. The van der Waals surface area contributed by atoms with Crippen molar-refractivity contribution >= 4 is 37.5 Å². The molecule has 0 aliphatic carbocycles. The quantitative estimate of drug-likeness (QED) is 0.804. The number of para-hydroxylation sites is 1. The van der Waals surface area contributed by atoms with Crippen LogP contribution in [-0.2, 0) is 21.2 Å². The number of nitrogens with one attached hydrogen (secondary N) is 1. The smallest absolute Gasteiger partial charge is 0.240 e. The Hall–Kier alpha value is -1.70. The summed E-state index contributed by atoms with van der Waals surface area (Å²) in [4.78, 5) is 14.5. The zero-order chi connectivity index (χ0) is 18.0. The van der Waals surface area contributed by atoms with Gasteiger partial charge in [0, 0.05) is 29.2 Å². The molecule has 0 fully saturated rings. The standard InChI is InChI=1S/C18H19BrN2O3S/c1-13-12-14-4-2-3-5-17(14)21(13)18(22)10-11-20-25(23,24)16-8-6-15(19)7-9-16/h2-9,13,20H,10-12H2,1H3. The van der Waals surface area contributed by atoms with Crippen LogP contribution in [-0.4, -0.2) is 26.9 Å². The molecule has 0 aromatic heterocycles. The number of fused-ring (bicyclic) bond motifs is 1. The number of nitrogens with zero attached hydrogens (tertiary/aromatic N) is 1. The van der Waals surface area contributed by atoms with E-state index in [1.165, 1.54) is 12.1 Å². The van der Waals surface area contributed by atoms with Gasteiger partial charge in [-0.1, -0.05) is 34.1 Å². The molecule has 1 aliphatic rings. The van der Waals surface area contributed by atoms with Crippen LogP contribution >= 0.6 is 15.9 Å². The number of hydrogen-bond donors (Lipinski definition) is 1. The lowest BCUT2D eigenvalue weighted by molar-refractivity contribution is -0.118. The van der Waals surface area contributed by atoms with Gasteiger partial charge in [-0.15, -0.1) is 0 Å². The molecule has 2 aromatic carbocycles. The van der Waals surface area contributed by atoms with Crippen LogP contribution in [0.1, 0.15) is 18.9 Å². The molecule has 0 radical (unpaired) electrons. The summed E-state index contributed by atoms with van der Waals surface area (Å²) in [6, 6.07) is 14.3. The third-order valence-corrected chi connectivity index (χ3v) is 6.24. The van der Waals surface area contributed by atoms with Crippen LogP contribution in [0.15, 0.2) is 57.9 Å². The summed E-state index contributed by atoms with van der Waals surface area (Å²) in [5.41, 5.74) is 2.08. The largest absolute Gasteiger partial charge is 0.309 e. The van der Waals surface area contributed by atoms with Gasteiger partial charge in [-0.25, -0.2) is 13.1 Å². The number of sulfonamides is 1. The third kappa shape index (κ3) is 3.94. The molecular formula is C18H19BrN2O3S. The van der Waals surface area contributed by atoms with E-state index in [1.807, 2.05) is 31.2 Å². The number of halogens is 1. The Bertz CT molecular complexity index is 881. The second kappa shape index (κ2) is 7.27. The highest BCUT2D eigenvalue weighted by molar-refractivity contribution is 9.10. The molecule has 1 amide bonds. The lowest BCUT2D eigenvalue weighted by Crippen LogP contribution is -2.38. The summed E-state index contributed by atoms with van der Waals surface area (Å²) < 4.78 is 27.8. The highest BCUT2D eigenvalue weighted by Crippen LogP contribution is 2.32. The molecular weight excluding hydrogens is 404 g/mol.